The molecule has 2 aliphatic rings. The van der Waals surface area contributed by atoms with E-state index >= 15 is 0 Å². The highest BCUT2D eigenvalue weighted by molar-refractivity contribution is 7.89. The normalized spacial score (nSPS) is 19.7. The minimum absolute atomic E-state index is 0.387. The van der Waals surface area contributed by atoms with Gasteiger partial charge in [-0.25, -0.2) is 8.42 Å². The highest BCUT2D eigenvalue weighted by atomic mass is 32.2. The van der Waals surface area contributed by atoms with Crippen molar-refractivity contribution < 1.29 is 8.42 Å². The van der Waals surface area contributed by atoms with Gasteiger partial charge >= 0.3 is 0 Å². The van der Waals surface area contributed by atoms with Crippen molar-refractivity contribution in [3.63, 3.8) is 0 Å². The summed E-state index contributed by atoms with van der Waals surface area (Å²) >= 11 is 0. The van der Waals surface area contributed by atoms with Gasteiger partial charge in [0.05, 0.1) is 11.4 Å². The van der Waals surface area contributed by atoms with E-state index in [4.69, 9.17) is 0 Å². The van der Waals surface area contributed by atoms with Crippen LogP contribution in [0.5, 0.6) is 0 Å². The zero-order valence-electron chi connectivity index (χ0n) is 13.5. The largest absolute Gasteiger partial charge is 0.352 e. The molecule has 0 bridgehead atoms. The van der Waals surface area contributed by atoms with E-state index in [-0.39, 0.29) is 0 Å². The maximum Gasteiger partial charge on any atom is 0.243 e. The number of nitrogens with zero attached hydrogens (tertiary/aromatic N) is 3. The Balaban J connectivity index is 1.64. The molecule has 6 nitrogen and oxygen atoms in total. The molecular weight excluding hydrogens is 312 g/mol. The second-order valence-corrected chi connectivity index (χ2v) is 8.03. The van der Waals surface area contributed by atoms with Gasteiger partial charge in [-0.3, -0.25) is 4.99 Å². The van der Waals surface area contributed by atoms with Gasteiger partial charge in [0.25, 0.3) is 0 Å². The van der Waals surface area contributed by atoms with Gasteiger partial charge in [0.1, 0.15) is 0 Å². The summed E-state index contributed by atoms with van der Waals surface area (Å²) in [6.45, 7) is 3.68. The molecule has 0 saturated carbocycles. The van der Waals surface area contributed by atoms with Crippen LogP contribution in [0.4, 0.5) is 0 Å². The van der Waals surface area contributed by atoms with Crippen LogP contribution in [0.25, 0.3) is 0 Å². The van der Waals surface area contributed by atoms with Gasteiger partial charge in [-0.15, -0.1) is 0 Å². The van der Waals surface area contributed by atoms with E-state index in [0.717, 1.165) is 43.9 Å². The Hall–Kier alpha value is -1.60. The summed E-state index contributed by atoms with van der Waals surface area (Å²) in [7, 11) is -1.33. The van der Waals surface area contributed by atoms with E-state index in [0.29, 0.717) is 24.5 Å². The lowest BCUT2D eigenvalue weighted by Crippen LogP contribution is -2.35. The molecule has 2 aliphatic heterocycles. The number of hydrogen-bond acceptors (Lipinski definition) is 5. The van der Waals surface area contributed by atoms with Crippen LogP contribution in [0.1, 0.15) is 24.8 Å². The third-order valence-electron chi connectivity index (χ3n) is 4.39. The van der Waals surface area contributed by atoms with E-state index < -0.39 is 10.0 Å². The maximum atomic E-state index is 12.6. The topological polar surface area (TPSA) is 65.0 Å². The van der Waals surface area contributed by atoms with Gasteiger partial charge in [0, 0.05) is 33.2 Å². The highest BCUT2D eigenvalue weighted by Crippen LogP contribution is 2.20. The standard InChI is InChI=1S/C16H24N4O2S/c1-19-12-9-17-16(19)18-13-14-5-7-15(8-6-14)23(21,22)20-10-3-2-4-11-20/h5-8H,2-4,9-13H2,1H3,(H,17,18). The summed E-state index contributed by atoms with van der Waals surface area (Å²) < 4.78 is 26.8. The molecule has 7 heteroatoms. The monoisotopic (exact) mass is 336 g/mol. The summed E-state index contributed by atoms with van der Waals surface area (Å²) in [5.41, 5.74) is 1.05. The molecule has 0 aromatic heterocycles. The molecule has 1 aromatic rings. The first-order valence-electron chi connectivity index (χ1n) is 8.16. The van der Waals surface area contributed by atoms with Crippen molar-refractivity contribution in [2.45, 2.75) is 30.7 Å². The van der Waals surface area contributed by atoms with Crippen molar-refractivity contribution in [1.29, 1.82) is 0 Å². The molecule has 0 aliphatic carbocycles. The zero-order valence-corrected chi connectivity index (χ0v) is 14.3. The fourth-order valence-corrected chi connectivity index (χ4v) is 4.46. The van der Waals surface area contributed by atoms with Gasteiger partial charge in [-0.05, 0) is 30.5 Å². The van der Waals surface area contributed by atoms with Crippen molar-refractivity contribution in [2.24, 2.45) is 4.99 Å². The maximum absolute atomic E-state index is 12.6. The Bertz CT molecular complexity index is 664. The Morgan fingerprint density at radius 2 is 1.78 bits per heavy atom. The minimum Gasteiger partial charge on any atom is -0.352 e. The molecule has 126 valence electrons. The molecule has 2 heterocycles. The summed E-state index contributed by atoms with van der Waals surface area (Å²) in [5, 5.41) is 3.29. The van der Waals surface area contributed by atoms with E-state index in [9.17, 15) is 8.42 Å². The van der Waals surface area contributed by atoms with E-state index in [1.165, 1.54) is 0 Å². The summed E-state index contributed by atoms with van der Waals surface area (Å²) in [6, 6.07) is 7.17. The Morgan fingerprint density at radius 3 is 2.39 bits per heavy atom. The Kier molecular flexibility index (Phi) is 4.87. The van der Waals surface area contributed by atoms with Gasteiger partial charge in [-0.1, -0.05) is 18.6 Å². The predicted octanol–water partition coefficient (Wildman–Crippen LogP) is 1.25. The van der Waals surface area contributed by atoms with Crippen LogP contribution < -0.4 is 5.32 Å². The van der Waals surface area contributed by atoms with Crippen molar-refractivity contribution >= 4 is 16.0 Å². The number of benzene rings is 1. The van der Waals surface area contributed by atoms with Crippen LogP contribution in [0, 0.1) is 0 Å². The van der Waals surface area contributed by atoms with Crippen LogP contribution in [-0.4, -0.2) is 56.8 Å². The molecular formula is C16H24N4O2S. The zero-order chi connectivity index (χ0) is 16.3. The number of nitrogens with one attached hydrogen (secondary N) is 1. The number of rotatable bonds is 4. The average molecular weight is 336 g/mol. The first-order valence-corrected chi connectivity index (χ1v) is 9.60. The second kappa shape index (κ2) is 6.88. The fourth-order valence-electron chi connectivity index (χ4n) is 2.94. The van der Waals surface area contributed by atoms with Crippen LogP contribution in [0.15, 0.2) is 34.2 Å². The quantitative estimate of drug-likeness (QED) is 0.899. The lowest BCUT2D eigenvalue weighted by molar-refractivity contribution is 0.346. The smallest absolute Gasteiger partial charge is 0.243 e. The molecule has 1 saturated heterocycles. The average Bonchev–Trinajstić information content (AvgIpc) is 2.99. The van der Waals surface area contributed by atoms with Gasteiger partial charge in [-0.2, -0.15) is 4.31 Å². The number of aliphatic imine (C=N–C) groups is 1. The third-order valence-corrected chi connectivity index (χ3v) is 6.30. The summed E-state index contributed by atoms with van der Waals surface area (Å²) in [5.74, 6) is 0.898. The van der Waals surface area contributed by atoms with Crippen LogP contribution in [0.2, 0.25) is 0 Å². The molecule has 0 spiro atoms. The predicted molar refractivity (Wildman–Crippen MR) is 90.8 cm³/mol. The Labute approximate surface area is 138 Å². The second-order valence-electron chi connectivity index (χ2n) is 6.09. The van der Waals surface area contributed by atoms with E-state index in [1.54, 1.807) is 16.4 Å². The molecule has 0 atom stereocenters. The fraction of sp³-hybridized carbons (Fsp3) is 0.562. The molecule has 23 heavy (non-hydrogen) atoms. The van der Waals surface area contributed by atoms with Gasteiger partial charge in [0.2, 0.25) is 10.0 Å². The van der Waals surface area contributed by atoms with Gasteiger partial charge in [0.15, 0.2) is 5.96 Å². The minimum atomic E-state index is -3.34. The molecule has 1 N–H and O–H groups in total. The van der Waals surface area contributed by atoms with E-state index in [2.05, 4.69) is 15.2 Å². The molecule has 0 unspecified atom stereocenters. The number of likely N-dealkylation sites (N-methyl/N-ethyl adjacent to an activating group) is 1. The summed E-state index contributed by atoms with van der Waals surface area (Å²) in [6.07, 6.45) is 3.03. The molecule has 3 rings (SSSR count). The molecule has 0 radical (unpaired) electrons. The van der Waals surface area contributed by atoms with Crippen molar-refractivity contribution in [2.75, 3.05) is 33.2 Å². The van der Waals surface area contributed by atoms with Crippen LogP contribution >= 0.6 is 0 Å². The van der Waals surface area contributed by atoms with Crippen molar-refractivity contribution in [3.8, 4) is 0 Å². The number of guanidine groups is 1. The molecule has 1 aromatic carbocycles. The van der Waals surface area contributed by atoms with E-state index in [1.807, 2.05) is 19.2 Å². The number of hydrogen-bond donors (Lipinski definition) is 1. The lowest BCUT2D eigenvalue weighted by atomic mass is 10.2. The summed E-state index contributed by atoms with van der Waals surface area (Å²) in [4.78, 5) is 6.84. The van der Waals surface area contributed by atoms with Gasteiger partial charge < -0.3 is 10.2 Å². The third kappa shape index (κ3) is 3.67. The SMILES string of the molecule is CN1CCN=C1NCc1ccc(S(=O)(=O)N2CCCCC2)cc1. The van der Waals surface area contributed by atoms with Crippen LogP contribution in [-0.2, 0) is 16.6 Å². The number of piperidine rings is 1. The van der Waals surface area contributed by atoms with Crippen molar-refractivity contribution in [3.05, 3.63) is 29.8 Å². The highest BCUT2D eigenvalue weighted by Gasteiger charge is 2.25. The first-order chi connectivity index (χ1) is 11.1. The number of sulfonamides is 1. The lowest BCUT2D eigenvalue weighted by Gasteiger charge is -2.25. The van der Waals surface area contributed by atoms with Crippen LogP contribution in [0.3, 0.4) is 0 Å². The Morgan fingerprint density at radius 1 is 1.09 bits per heavy atom. The molecule has 0 amide bonds. The van der Waals surface area contributed by atoms with Crippen molar-refractivity contribution in [1.82, 2.24) is 14.5 Å². The first kappa shape index (κ1) is 16.3. The molecule has 1 fully saturated rings.